The van der Waals surface area contributed by atoms with Crippen molar-refractivity contribution < 1.29 is 13.8 Å². The third-order valence-corrected chi connectivity index (χ3v) is 2.75. The molecule has 0 spiro atoms. The molecular weight excluding hydrogens is 249 g/mol. The molecule has 0 amide bonds. The minimum Gasteiger partial charge on any atom is -0.486 e. The van der Waals surface area contributed by atoms with E-state index in [1.807, 2.05) is 0 Å². The topological polar surface area (TPSA) is 74.2 Å². The Bertz CT molecular complexity index is 727. The Balaban J connectivity index is 1.88. The minimum absolute atomic E-state index is 0.0958. The largest absolute Gasteiger partial charge is 0.486 e. The minimum atomic E-state index is -0.313. The summed E-state index contributed by atoms with van der Waals surface area (Å²) in [6.07, 6.45) is 0. The number of fused-ring (bicyclic) bond motifs is 1. The van der Waals surface area contributed by atoms with Crippen molar-refractivity contribution in [1.29, 1.82) is 0 Å². The Labute approximate surface area is 107 Å². The van der Waals surface area contributed by atoms with Crippen molar-refractivity contribution in [2.24, 2.45) is 0 Å². The van der Waals surface area contributed by atoms with Crippen LogP contribution in [0.25, 0.3) is 11.0 Å². The predicted molar refractivity (Wildman–Crippen MR) is 66.9 cm³/mol. The molecule has 5 nitrogen and oxygen atoms in total. The van der Waals surface area contributed by atoms with Gasteiger partial charge < -0.3 is 10.5 Å². The number of hydrogen-bond donors (Lipinski definition) is 1. The van der Waals surface area contributed by atoms with Crippen molar-refractivity contribution in [3.63, 3.8) is 0 Å². The number of ether oxygens (including phenoxy) is 1. The SMILES string of the molecule is Nc1ccc(OCc2ccccc2F)c2nonc12. The third-order valence-electron chi connectivity index (χ3n) is 2.75. The Hall–Kier alpha value is -2.63. The molecule has 0 saturated carbocycles. The molecule has 0 saturated heterocycles. The Morgan fingerprint density at radius 2 is 1.89 bits per heavy atom. The van der Waals surface area contributed by atoms with E-state index < -0.39 is 0 Å². The molecule has 0 radical (unpaired) electrons. The van der Waals surface area contributed by atoms with E-state index in [1.165, 1.54) is 6.07 Å². The van der Waals surface area contributed by atoms with E-state index in [0.29, 0.717) is 28.0 Å². The van der Waals surface area contributed by atoms with Gasteiger partial charge in [0.25, 0.3) is 0 Å². The van der Waals surface area contributed by atoms with Gasteiger partial charge in [-0.3, -0.25) is 0 Å². The fraction of sp³-hybridized carbons (Fsp3) is 0.0769. The second kappa shape index (κ2) is 4.56. The molecule has 6 heteroatoms. The zero-order valence-corrected chi connectivity index (χ0v) is 9.84. The van der Waals surface area contributed by atoms with Crippen molar-refractivity contribution in [2.45, 2.75) is 6.61 Å². The number of aromatic nitrogens is 2. The van der Waals surface area contributed by atoms with Crippen LogP contribution >= 0.6 is 0 Å². The number of hydrogen-bond acceptors (Lipinski definition) is 5. The molecular formula is C13H10FN3O2. The average Bonchev–Trinajstić information content (AvgIpc) is 2.90. The smallest absolute Gasteiger partial charge is 0.179 e. The molecule has 19 heavy (non-hydrogen) atoms. The van der Waals surface area contributed by atoms with Crippen LogP contribution in [-0.4, -0.2) is 10.3 Å². The van der Waals surface area contributed by atoms with Gasteiger partial charge in [-0.25, -0.2) is 9.02 Å². The summed E-state index contributed by atoms with van der Waals surface area (Å²) in [7, 11) is 0. The molecule has 0 aliphatic rings. The van der Waals surface area contributed by atoms with Crippen molar-refractivity contribution >= 4 is 16.7 Å². The summed E-state index contributed by atoms with van der Waals surface area (Å²) >= 11 is 0. The van der Waals surface area contributed by atoms with Crippen LogP contribution in [0.1, 0.15) is 5.56 Å². The molecule has 2 aromatic carbocycles. The van der Waals surface area contributed by atoms with Crippen molar-refractivity contribution in [3.8, 4) is 5.75 Å². The first kappa shape index (κ1) is 11.5. The highest BCUT2D eigenvalue weighted by atomic mass is 19.1. The van der Waals surface area contributed by atoms with Gasteiger partial charge in [-0.1, -0.05) is 18.2 Å². The maximum absolute atomic E-state index is 13.5. The number of nitrogens with zero attached hydrogens (tertiary/aromatic N) is 2. The quantitative estimate of drug-likeness (QED) is 0.731. The van der Waals surface area contributed by atoms with E-state index in [-0.39, 0.29) is 12.4 Å². The summed E-state index contributed by atoms with van der Waals surface area (Å²) in [4.78, 5) is 0. The van der Waals surface area contributed by atoms with Crippen LogP contribution in [0.4, 0.5) is 10.1 Å². The van der Waals surface area contributed by atoms with E-state index >= 15 is 0 Å². The highest BCUT2D eigenvalue weighted by Crippen LogP contribution is 2.27. The lowest BCUT2D eigenvalue weighted by atomic mass is 10.2. The summed E-state index contributed by atoms with van der Waals surface area (Å²) in [5, 5.41) is 7.42. The Kier molecular flexibility index (Phi) is 2.75. The number of rotatable bonds is 3. The lowest BCUT2D eigenvalue weighted by Crippen LogP contribution is -1.99. The second-order valence-electron chi connectivity index (χ2n) is 3.99. The van der Waals surface area contributed by atoms with Crippen molar-refractivity contribution in [3.05, 3.63) is 47.8 Å². The molecule has 0 aliphatic heterocycles. The first-order valence-electron chi connectivity index (χ1n) is 5.62. The first-order valence-corrected chi connectivity index (χ1v) is 5.62. The van der Waals surface area contributed by atoms with E-state index in [2.05, 4.69) is 14.9 Å². The molecule has 0 bridgehead atoms. The summed E-state index contributed by atoms with van der Waals surface area (Å²) in [6, 6.07) is 9.71. The highest BCUT2D eigenvalue weighted by molar-refractivity contribution is 5.90. The van der Waals surface area contributed by atoms with E-state index in [1.54, 1.807) is 30.3 Å². The van der Waals surface area contributed by atoms with Gasteiger partial charge in [0.2, 0.25) is 0 Å². The van der Waals surface area contributed by atoms with Crippen LogP contribution in [0.2, 0.25) is 0 Å². The fourth-order valence-corrected chi connectivity index (χ4v) is 1.75. The van der Waals surface area contributed by atoms with Crippen LogP contribution in [-0.2, 0) is 6.61 Å². The second-order valence-corrected chi connectivity index (χ2v) is 3.99. The van der Waals surface area contributed by atoms with Gasteiger partial charge >= 0.3 is 0 Å². The number of nitrogens with two attached hydrogens (primary N) is 1. The van der Waals surface area contributed by atoms with Crippen LogP contribution in [0, 0.1) is 5.82 Å². The maximum Gasteiger partial charge on any atom is 0.179 e. The third kappa shape index (κ3) is 2.08. The zero-order valence-electron chi connectivity index (χ0n) is 9.84. The molecule has 1 heterocycles. The summed E-state index contributed by atoms with van der Waals surface area (Å²) in [5.41, 5.74) is 7.50. The van der Waals surface area contributed by atoms with Crippen LogP contribution < -0.4 is 10.5 Å². The number of benzene rings is 2. The lowest BCUT2D eigenvalue weighted by Gasteiger charge is -2.07. The molecule has 3 rings (SSSR count). The van der Waals surface area contributed by atoms with Crippen LogP contribution in [0.3, 0.4) is 0 Å². The summed E-state index contributed by atoms with van der Waals surface area (Å²) in [6.45, 7) is 0.0958. The molecule has 2 N–H and O–H groups in total. The van der Waals surface area contributed by atoms with Crippen molar-refractivity contribution in [2.75, 3.05) is 5.73 Å². The van der Waals surface area contributed by atoms with Gasteiger partial charge in [-0.2, -0.15) is 0 Å². The standard InChI is InChI=1S/C13H10FN3O2/c14-9-4-2-1-3-8(9)7-18-11-6-5-10(15)12-13(11)17-19-16-12/h1-6H,7,15H2. The summed E-state index contributed by atoms with van der Waals surface area (Å²) in [5.74, 6) is 0.140. The molecule has 0 unspecified atom stereocenters. The molecule has 0 fully saturated rings. The molecule has 96 valence electrons. The van der Waals surface area contributed by atoms with Gasteiger partial charge in [0.15, 0.2) is 16.8 Å². The molecule has 1 aromatic heterocycles. The molecule has 0 atom stereocenters. The van der Waals surface area contributed by atoms with Gasteiger partial charge in [0.1, 0.15) is 12.4 Å². The monoisotopic (exact) mass is 259 g/mol. The number of halogens is 1. The lowest BCUT2D eigenvalue weighted by molar-refractivity contribution is 0.295. The Morgan fingerprint density at radius 3 is 2.74 bits per heavy atom. The van der Waals surface area contributed by atoms with Crippen LogP contribution in [0.15, 0.2) is 41.0 Å². The average molecular weight is 259 g/mol. The van der Waals surface area contributed by atoms with Gasteiger partial charge in [0, 0.05) is 5.56 Å². The molecule has 3 aromatic rings. The molecule has 0 aliphatic carbocycles. The fourth-order valence-electron chi connectivity index (χ4n) is 1.75. The Morgan fingerprint density at radius 1 is 1.11 bits per heavy atom. The predicted octanol–water partition coefficient (Wildman–Crippen LogP) is 2.52. The number of nitrogen functional groups attached to an aromatic ring is 1. The van der Waals surface area contributed by atoms with Crippen molar-refractivity contribution in [1.82, 2.24) is 10.3 Å². The normalized spacial score (nSPS) is 10.8. The van der Waals surface area contributed by atoms with Crippen LogP contribution in [0.5, 0.6) is 5.75 Å². The van der Waals surface area contributed by atoms with Gasteiger partial charge in [-0.05, 0) is 28.5 Å². The maximum atomic E-state index is 13.5. The van der Waals surface area contributed by atoms with Gasteiger partial charge in [-0.15, -0.1) is 0 Å². The zero-order chi connectivity index (χ0) is 13.2. The summed E-state index contributed by atoms with van der Waals surface area (Å²) < 4.78 is 23.6. The van der Waals surface area contributed by atoms with E-state index in [0.717, 1.165) is 0 Å². The highest BCUT2D eigenvalue weighted by Gasteiger charge is 2.11. The number of anilines is 1. The van der Waals surface area contributed by atoms with E-state index in [9.17, 15) is 4.39 Å². The van der Waals surface area contributed by atoms with E-state index in [4.69, 9.17) is 10.5 Å². The first-order chi connectivity index (χ1) is 9.25. The van der Waals surface area contributed by atoms with Gasteiger partial charge in [0.05, 0.1) is 5.69 Å².